The van der Waals surface area contributed by atoms with Gasteiger partial charge in [0.2, 0.25) is 0 Å². The molecular weight excluding hydrogens is 250 g/mol. The van der Waals surface area contributed by atoms with Crippen molar-refractivity contribution in [3.63, 3.8) is 0 Å². The zero-order valence-corrected chi connectivity index (χ0v) is 10.9. The van der Waals surface area contributed by atoms with Gasteiger partial charge in [-0.3, -0.25) is 10.1 Å². The molecule has 1 aromatic rings. The van der Waals surface area contributed by atoms with E-state index >= 15 is 0 Å². The molecule has 1 aromatic carbocycles. The highest BCUT2D eigenvalue weighted by molar-refractivity contribution is 6.00. The van der Waals surface area contributed by atoms with Crippen LogP contribution in [0.15, 0.2) is 24.3 Å². The molecule has 1 rings (SSSR count). The molecule has 102 valence electrons. The number of rotatable bonds is 2. The summed E-state index contributed by atoms with van der Waals surface area (Å²) in [7, 11) is 3.05. The number of amides is 4. The summed E-state index contributed by atoms with van der Waals surface area (Å²) in [4.78, 5) is 34.6. The van der Waals surface area contributed by atoms with Crippen molar-refractivity contribution >= 4 is 23.7 Å². The van der Waals surface area contributed by atoms with Crippen LogP contribution in [0.2, 0.25) is 0 Å². The molecule has 0 heterocycles. The number of hydrogen-bond acceptors (Lipinski definition) is 4. The fourth-order valence-electron chi connectivity index (χ4n) is 1.14. The summed E-state index contributed by atoms with van der Waals surface area (Å²) in [6, 6.07) is 5.01. The normalized spacial score (nSPS) is 9.42. The Bertz CT molecular complexity index is 482. The molecule has 4 amide bonds. The van der Waals surface area contributed by atoms with Gasteiger partial charge in [-0.05, 0) is 24.3 Å². The fraction of sp³-hybridized carbons (Fsp3) is 0.250. The van der Waals surface area contributed by atoms with Crippen LogP contribution in [-0.2, 0) is 4.79 Å². The zero-order valence-electron chi connectivity index (χ0n) is 10.9. The van der Waals surface area contributed by atoms with Gasteiger partial charge in [0.15, 0.2) is 0 Å². The predicted octanol–water partition coefficient (Wildman–Crippen LogP) is 1.41. The van der Waals surface area contributed by atoms with Gasteiger partial charge in [0.25, 0.3) is 0 Å². The summed E-state index contributed by atoms with van der Waals surface area (Å²) in [6.07, 6.45) is 0. The Morgan fingerprint density at radius 1 is 1.11 bits per heavy atom. The summed E-state index contributed by atoms with van der Waals surface area (Å²) in [5.41, 5.74) is 0.472. The minimum absolute atomic E-state index is 0.378. The molecule has 0 spiro atoms. The van der Waals surface area contributed by atoms with E-state index in [0.29, 0.717) is 11.4 Å². The van der Waals surface area contributed by atoms with E-state index in [2.05, 4.69) is 10.6 Å². The fourth-order valence-corrected chi connectivity index (χ4v) is 1.14. The zero-order chi connectivity index (χ0) is 14.4. The molecule has 0 aromatic heterocycles. The highest BCUT2D eigenvalue weighted by atomic mass is 16.5. The molecule has 0 radical (unpaired) electrons. The number of urea groups is 2. The van der Waals surface area contributed by atoms with Crippen LogP contribution < -0.4 is 15.4 Å². The van der Waals surface area contributed by atoms with Crippen LogP contribution in [0.3, 0.4) is 0 Å². The van der Waals surface area contributed by atoms with E-state index in [1.165, 1.54) is 38.1 Å². The summed E-state index contributed by atoms with van der Waals surface area (Å²) in [6.45, 7) is 1.30. The molecule has 19 heavy (non-hydrogen) atoms. The monoisotopic (exact) mass is 265 g/mol. The van der Waals surface area contributed by atoms with Crippen LogP contribution in [0.1, 0.15) is 6.92 Å². The highest BCUT2D eigenvalue weighted by Gasteiger charge is 2.09. The number of esters is 1. The van der Waals surface area contributed by atoms with Crippen molar-refractivity contribution in [1.82, 2.24) is 10.2 Å². The first-order valence-electron chi connectivity index (χ1n) is 5.46. The summed E-state index contributed by atoms with van der Waals surface area (Å²) < 4.78 is 4.84. The molecule has 7 nitrogen and oxygen atoms in total. The molecule has 0 atom stereocenters. The molecule has 0 aliphatic rings. The van der Waals surface area contributed by atoms with E-state index in [4.69, 9.17) is 4.74 Å². The highest BCUT2D eigenvalue weighted by Crippen LogP contribution is 2.15. The maximum atomic E-state index is 11.4. The van der Waals surface area contributed by atoms with E-state index in [9.17, 15) is 14.4 Å². The topological polar surface area (TPSA) is 87.7 Å². The quantitative estimate of drug-likeness (QED) is 0.625. The molecular formula is C12H15N3O4. The Labute approximate surface area is 110 Å². The largest absolute Gasteiger partial charge is 0.427 e. The number of benzene rings is 1. The van der Waals surface area contributed by atoms with Crippen molar-refractivity contribution in [2.45, 2.75) is 6.92 Å². The van der Waals surface area contributed by atoms with E-state index in [0.717, 1.165) is 0 Å². The number of imide groups is 1. The third-order valence-electron chi connectivity index (χ3n) is 2.00. The van der Waals surface area contributed by atoms with Crippen LogP contribution in [0.4, 0.5) is 15.3 Å². The number of carbonyl (C=O) groups is 3. The van der Waals surface area contributed by atoms with E-state index < -0.39 is 18.0 Å². The number of carbonyl (C=O) groups excluding carboxylic acids is 3. The van der Waals surface area contributed by atoms with E-state index in [-0.39, 0.29) is 0 Å². The van der Waals surface area contributed by atoms with Gasteiger partial charge in [-0.25, -0.2) is 9.59 Å². The standard InChI is InChI=1S/C12H15N3O4/c1-8(16)19-10-6-4-9(5-7-10)13-11(17)14-12(18)15(2)3/h4-7H,1-3H3,(H2,13,14,17,18). The first kappa shape index (κ1) is 14.5. The van der Waals surface area contributed by atoms with Crippen molar-refractivity contribution in [3.05, 3.63) is 24.3 Å². The van der Waals surface area contributed by atoms with Crippen molar-refractivity contribution in [1.29, 1.82) is 0 Å². The second-order valence-electron chi connectivity index (χ2n) is 3.90. The minimum Gasteiger partial charge on any atom is -0.427 e. The van der Waals surface area contributed by atoms with Gasteiger partial charge in [0.1, 0.15) is 5.75 Å². The third kappa shape index (κ3) is 5.07. The Morgan fingerprint density at radius 3 is 2.16 bits per heavy atom. The van der Waals surface area contributed by atoms with Crippen molar-refractivity contribution in [2.24, 2.45) is 0 Å². The lowest BCUT2D eigenvalue weighted by Gasteiger charge is -2.11. The lowest BCUT2D eigenvalue weighted by atomic mass is 10.3. The van der Waals surface area contributed by atoms with Gasteiger partial charge >= 0.3 is 18.0 Å². The van der Waals surface area contributed by atoms with Gasteiger partial charge in [-0.15, -0.1) is 0 Å². The maximum absolute atomic E-state index is 11.4. The number of nitrogens with zero attached hydrogens (tertiary/aromatic N) is 1. The van der Waals surface area contributed by atoms with Crippen LogP contribution in [0.25, 0.3) is 0 Å². The first-order chi connectivity index (χ1) is 8.88. The molecule has 0 saturated heterocycles. The Balaban J connectivity index is 2.55. The molecule has 0 aliphatic carbocycles. The number of nitrogens with one attached hydrogen (secondary N) is 2. The lowest BCUT2D eigenvalue weighted by Crippen LogP contribution is -2.40. The molecule has 0 fully saturated rings. The smallest absolute Gasteiger partial charge is 0.327 e. The van der Waals surface area contributed by atoms with Crippen molar-refractivity contribution in [2.75, 3.05) is 19.4 Å². The Kier molecular flexibility index (Phi) is 4.87. The average Bonchev–Trinajstić information content (AvgIpc) is 2.30. The van der Waals surface area contributed by atoms with Gasteiger partial charge in [-0.1, -0.05) is 0 Å². The van der Waals surface area contributed by atoms with Gasteiger partial charge in [0.05, 0.1) is 0 Å². The molecule has 0 unspecified atom stereocenters. The Morgan fingerprint density at radius 2 is 1.68 bits per heavy atom. The van der Waals surface area contributed by atoms with Crippen LogP contribution >= 0.6 is 0 Å². The van der Waals surface area contributed by atoms with Gasteiger partial charge < -0.3 is 15.0 Å². The van der Waals surface area contributed by atoms with Crippen LogP contribution in [0.5, 0.6) is 5.75 Å². The van der Waals surface area contributed by atoms with Crippen LogP contribution in [-0.4, -0.2) is 37.0 Å². The second-order valence-corrected chi connectivity index (χ2v) is 3.90. The summed E-state index contributed by atoms with van der Waals surface area (Å²) in [5, 5.41) is 4.60. The predicted molar refractivity (Wildman–Crippen MR) is 69.0 cm³/mol. The SMILES string of the molecule is CC(=O)Oc1ccc(NC(=O)NC(=O)N(C)C)cc1. The number of anilines is 1. The van der Waals surface area contributed by atoms with E-state index in [1.54, 1.807) is 12.1 Å². The molecule has 0 bridgehead atoms. The first-order valence-corrected chi connectivity index (χ1v) is 5.46. The van der Waals surface area contributed by atoms with Crippen molar-refractivity contribution < 1.29 is 19.1 Å². The molecule has 0 aliphatic heterocycles. The van der Waals surface area contributed by atoms with Gasteiger partial charge in [0, 0.05) is 26.7 Å². The molecule has 7 heteroatoms. The number of ether oxygens (including phenoxy) is 1. The summed E-state index contributed by atoms with van der Waals surface area (Å²) in [5.74, 6) is -0.0437. The molecule has 2 N–H and O–H groups in total. The van der Waals surface area contributed by atoms with Crippen molar-refractivity contribution in [3.8, 4) is 5.75 Å². The maximum Gasteiger partial charge on any atom is 0.327 e. The van der Waals surface area contributed by atoms with E-state index in [1.807, 2.05) is 0 Å². The average molecular weight is 265 g/mol. The van der Waals surface area contributed by atoms with Crippen LogP contribution in [0, 0.1) is 0 Å². The molecule has 0 saturated carbocycles. The van der Waals surface area contributed by atoms with Gasteiger partial charge in [-0.2, -0.15) is 0 Å². The second kappa shape index (κ2) is 6.39. The minimum atomic E-state index is -0.640. The number of hydrogen-bond donors (Lipinski definition) is 2. The summed E-state index contributed by atoms with van der Waals surface area (Å²) >= 11 is 0. The third-order valence-corrected chi connectivity index (χ3v) is 2.00. The Hall–Kier alpha value is -2.57. The lowest BCUT2D eigenvalue weighted by molar-refractivity contribution is -0.131.